The number of nitrogens with one attached hydrogen (secondary N) is 1. The summed E-state index contributed by atoms with van der Waals surface area (Å²) in [5, 5.41) is 6.18. The molecule has 6 nitrogen and oxygen atoms in total. The van der Waals surface area contributed by atoms with Crippen LogP contribution >= 0.6 is 0 Å². The lowest BCUT2D eigenvalue weighted by molar-refractivity contribution is -0.137. The van der Waals surface area contributed by atoms with Crippen molar-refractivity contribution in [3.05, 3.63) is 66.1 Å². The number of nitrogens with zero attached hydrogens (tertiary/aromatic N) is 3. The lowest BCUT2D eigenvalue weighted by atomic mass is 10.1. The average molecular weight is 390 g/mol. The Morgan fingerprint density at radius 1 is 1.11 bits per heavy atom. The van der Waals surface area contributed by atoms with E-state index in [1.165, 1.54) is 18.2 Å². The first-order valence-corrected chi connectivity index (χ1v) is 8.35. The highest BCUT2D eigenvalue weighted by atomic mass is 19.4. The van der Waals surface area contributed by atoms with Crippen molar-refractivity contribution >= 4 is 11.6 Å². The first-order chi connectivity index (χ1) is 13.3. The van der Waals surface area contributed by atoms with Gasteiger partial charge in [-0.15, -0.1) is 0 Å². The second-order valence-corrected chi connectivity index (χ2v) is 6.14. The van der Waals surface area contributed by atoms with Crippen molar-refractivity contribution in [2.45, 2.75) is 12.7 Å². The largest absolute Gasteiger partial charge is 0.418 e. The van der Waals surface area contributed by atoms with Gasteiger partial charge in [-0.05, 0) is 19.2 Å². The summed E-state index contributed by atoms with van der Waals surface area (Å²) in [6.07, 6.45) is -4.55. The molecule has 1 N–H and O–H groups in total. The van der Waals surface area contributed by atoms with Crippen molar-refractivity contribution < 1.29 is 22.5 Å². The summed E-state index contributed by atoms with van der Waals surface area (Å²) in [6, 6.07) is 14.1. The van der Waals surface area contributed by atoms with Crippen molar-refractivity contribution in [3.63, 3.8) is 0 Å². The van der Waals surface area contributed by atoms with Crippen LogP contribution in [0.4, 0.5) is 18.9 Å². The molecular formula is C19H17F3N4O2. The fraction of sp³-hybridized carbons (Fsp3) is 0.211. The molecule has 0 atom stereocenters. The van der Waals surface area contributed by atoms with Crippen LogP contribution in [0.1, 0.15) is 11.5 Å². The summed E-state index contributed by atoms with van der Waals surface area (Å²) in [4.78, 5) is 18.0. The number of carbonyl (C=O) groups excluding carboxylic acids is 1. The SMILES string of the molecule is CN(CC(=O)Nc1ccccc1C(F)(F)F)Cc1nc(-c2ccccc2)no1. The fourth-order valence-electron chi connectivity index (χ4n) is 2.58. The van der Waals surface area contributed by atoms with Crippen molar-refractivity contribution in [1.82, 2.24) is 15.0 Å². The molecule has 0 radical (unpaired) electrons. The Morgan fingerprint density at radius 3 is 2.50 bits per heavy atom. The number of alkyl halides is 3. The zero-order chi connectivity index (χ0) is 20.1. The number of aromatic nitrogens is 2. The predicted octanol–water partition coefficient (Wildman–Crippen LogP) is 3.83. The van der Waals surface area contributed by atoms with Crippen molar-refractivity contribution in [3.8, 4) is 11.4 Å². The normalized spacial score (nSPS) is 11.6. The quantitative estimate of drug-likeness (QED) is 0.693. The Hall–Kier alpha value is -3.20. The summed E-state index contributed by atoms with van der Waals surface area (Å²) in [7, 11) is 1.63. The maximum Gasteiger partial charge on any atom is 0.418 e. The summed E-state index contributed by atoms with van der Waals surface area (Å²) in [6.45, 7) is 0.0312. The van der Waals surface area contributed by atoms with Crippen molar-refractivity contribution in [2.75, 3.05) is 18.9 Å². The molecule has 1 heterocycles. The van der Waals surface area contributed by atoms with Gasteiger partial charge in [0.15, 0.2) is 0 Å². The second kappa shape index (κ2) is 8.22. The second-order valence-electron chi connectivity index (χ2n) is 6.14. The van der Waals surface area contributed by atoms with E-state index in [2.05, 4.69) is 15.5 Å². The van der Waals surface area contributed by atoms with Crippen LogP contribution in [0.2, 0.25) is 0 Å². The average Bonchev–Trinajstić information content (AvgIpc) is 3.10. The molecule has 0 aliphatic rings. The summed E-state index contributed by atoms with van der Waals surface area (Å²) in [5.41, 5.74) is -0.380. The molecule has 0 spiro atoms. The zero-order valence-corrected chi connectivity index (χ0v) is 14.9. The van der Waals surface area contributed by atoms with E-state index in [4.69, 9.17) is 4.52 Å². The molecule has 0 aliphatic heterocycles. The summed E-state index contributed by atoms with van der Waals surface area (Å²) < 4.78 is 44.2. The van der Waals surface area contributed by atoms with E-state index in [0.717, 1.165) is 11.6 Å². The van der Waals surface area contributed by atoms with Gasteiger partial charge in [0.05, 0.1) is 24.3 Å². The molecular weight excluding hydrogens is 373 g/mol. The number of likely N-dealkylation sites (N-methyl/N-ethyl adjacent to an activating group) is 1. The molecule has 0 unspecified atom stereocenters. The number of benzene rings is 2. The molecule has 1 aromatic heterocycles. The number of anilines is 1. The Kier molecular flexibility index (Phi) is 5.74. The first kappa shape index (κ1) is 19.6. The van der Waals surface area contributed by atoms with Crippen LogP contribution in [0, 0.1) is 0 Å². The summed E-state index contributed by atoms with van der Waals surface area (Å²) >= 11 is 0. The molecule has 2 aromatic carbocycles. The number of carbonyl (C=O) groups is 1. The molecule has 3 rings (SSSR count). The van der Waals surface area contributed by atoms with E-state index >= 15 is 0 Å². The van der Waals surface area contributed by atoms with Crippen LogP contribution in [0.3, 0.4) is 0 Å². The van der Waals surface area contributed by atoms with E-state index < -0.39 is 17.6 Å². The maximum absolute atomic E-state index is 13.0. The van der Waals surface area contributed by atoms with Gasteiger partial charge in [0.1, 0.15) is 0 Å². The number of hydrogen-bond donors (Lipinski definition) is 1. The Bertz CT molecular complexity index is 942. The lowest BCUT2D eigenvalue weighted by Crippen LogP contribution is -2.30. The number of hydrogen-bond acceptors (Lipinski definition) is 5. The number of halogens is 3. The molecule has 0 saturated heterocycles. The van der Waals surface area contributed by atoms with Crippen LogP contribution in [0.5, 0.6) is 0 Å². The molecule has 1 amide bonds. The maximum atomic E-state index is 13.0. The van der Waals surface area contributed by atoms with Crippen molar-refractivity contribution in [2.24, 2.45) is 0 Å². The van der Waals surface area contributed by atoms with E-state index in [1.807, 2.05) is 30.3 Å². The van der Waals surface area contributed by atoms with Gasteiger partial charge in [0.2, 0.25) is 17.6 Å². The molecule has 9 heteroatoms. The molecule has 0 fully saturated rings. The Balaban J connectivity index is 1.59. The smallest absolute Gasteiger partial charge is 0.338 e. The third-order valence-corrected chi connectivity index (χ3v) is 3.83. The van der Waals surface area contributed by atoms with Gasteiger partial charge in [-0.1, -0.05) is 47.6 Å². The third-order valence-electron chi connectivity index (χ3n) is 3.83. The van der Waals surface area contributed by atoms with Crippen LogP contribution in [-0.4, -0.2) is 34.5 Å². The van der Waals surface area contributed by atoms with Gasteiger partial charge in [0, 0.05) is 5.56 Å². The minimum Gasteiger partial charge on any atom is -0.338 e. The highest BCUT2D eigenvalue weighted by Gasteiger charge is 2.33. The molecule has 146 valence electrons. The molecule has 0 aliphatic carbocycles. The minimum atomic E-state index is -4.55. The number of amides is 1. The van der Waals surface area contributed by atoms with Gasteiger partial charge in [-0.2, -0.15) is 18.2 Å². The highest BCUT2D eigenvalue weighted by Crippen LogP contribution is 2.34. The van der Waals surface area contributed by atoms with Gasteiger partial charge in [-0.25, -0.2) is 0 Å². The Morgan fingerprint density at radius 2 is 1.79 bits per heavy atom. The van der Waals surface area contributed by atoms with Gasteiger partial charge >= 0.3 is 6.18 Å². The third kappa shape index (κ3) is 4.95. The fourth-order valence-corrected chi connectivity index (χ4v) is 2.58. The number of rotatable bonds is 6. The highest BCUT2D eigenvalue weighted by molar-refractivity contribution is 5.93. The van der Waals surface area contributed by atoms with Crippen LogP contribution in [-0.2, 0) is 17.5 Å². The standard InChI is InChI=1S/C19H17F3N4O2/c1-26(12-17-24-18(25-28-17)13-7-3-2-4-8-13)11-16(27)23-15-10-6-5-9-14(15)19(20,21)22/h2-10H,11-12H2,1H3,(H,23,27). The van der Waals surface area contributed by atoms with Crippen LogP contribution < -0.4 is 5.32 Å². The topological polar surface area (TPSA) is 71.3 Å². The van der Waals surface area contributed by atoms with Gasteiger partial charge < -0.3 is 9.84 Å². The summed E-state index contributed by atoms with van der Waals surface area (Å²) in [5.74, 6) is 0.138. The van der Waals surface area contributed by atoms with E-state index in [-0.39, 0.29) is 18.8 Å². The monoisotopic (exact) mass is 390 g/mol. The van der Waals surface area contributed by atoms with E-state index in [1.54, 1.807) is 11.9 Å². The molecule has 28 heavy (non-hydrogen) atoms. The lowest BCUT2D eigenvalue weighted by Gasteiger charge is -2.16. The molecule has 0 bridgehead atoms. The minimum absolute atomic E-state index is 0.144. The molecule has 0 saturated carbocycles. The van der Waals surface area contributed by atoms with E-state index in [0.29, 0.717) is 11.7 Å². The molecule has 3 aromatic rings. The number of para-hydroxylation sites is 1. The first-order valence-electron chi connectivity index (χ1n) is 8.35. The predicted molar refractivity (Wildman–Crippen MR) is 96.1 cm³/mol. The van der Waals surface area contributed by atoms with Gasteiger partial charge in [0.25, 0.3) is 0 Å². The Labute approximate surface area is 159 Å². The van der Waals surface area contributed by atoms with Crippen molar-refractivity contribution in [1.29, 1.82) is 0 Å². The zero-order valence-electron chi connectivity index (χ0n) is 14.9. The van der Waals surface area contributed by atoms with E-state index in [9.17, 15) is 18.0 Å². The van der Waals surface area contributed by atoms with Gasteiger partial charge in [-0.3, -0.25) is 9.69 Å². The van der Waals surface area contributed by atoms with Crippen LogP contribution in [0.25, 0.3) is 11.4 Å². The van der Waals surface area contributed by atoms with Crippen LogP contribution in [0.15, 0.2) is 59.1 Å².